The van der Waals surface area contributed by atoms with Gasteiger partial charge in [0.25, 0.3) is 5.91 Å². The smallest absolute Gasteiger partial charge is 0.263 e. The van der Waals surface area contributed by atoms with Crippen molar-refractivity contribution in [1.29, 1.82) is 0 Å². The van der Waals surface area contributed by atoms with Gasteiger partial charge in [0.1, 0.15) is 4.88 Å². The zero-order chi connectivity index (χ0) is 14.1. The van der Waals surface area contributed by atoms with Crippen LogP contribution in [-0.2, 0) is 4.74 Å². The second-order valence-electron chi connectivity index (χ2n) is 5.20. The second-order valence-corrected chi connectivity index (χ2v) is 6.26. The Morgan fingerprint density at radius 2 is 2.15 bits per heavy atom. The van der Waals surface area contributed by atoms with Crippen molar-refractivity contribution < 1.29 is 9.53 Å². The predicted molar refractivity (Wildman–Crippen MR) is 82.3 cm³/mol. The van der Waals surface area contributed by atoms with Gasteiger partial charge in [0, 0.05) is 29.3 Å². The Labute approximate surface area is 121 Å². The van der Waals surface area contributed by atoms with Crippen LogP contribution in [0.25, 0.3) is 10.1 Å². The molecule has 3 rings (SSSR count). The van der Waals surface area contributed by atoms with Crippen molar-refractivity contribution in [3.05, 3.63) is 28.6 Å². The fourth-order valence-corrected chi connectivity index (χ4v) is 3.50. The third kappa shape index (κ3) is 2.51. The van der Waals surface area contributed by atoms with Crippen molar-refractivity contribution in [3.8, 4) is 0 Å². The number of nitrogens with one attached hydrogen (secondary N) is 1. The van der Waals surface area contributed by atoms with Crippen LogP contribution in [-0.4, -0.2) is 25.2 Å². The summed E-state index contributed by atoms with van der Waals surface area (Å²) in [5, 5.41) is 4.04. The third-order valence-electron chi connectivity index (χ3n) is 3.64. The second kappa shape index (κ2) is 5.42. The quantitative estimate of drug-likeness (QED) is 0.894. The summed E-state index contributed by atoms with van der Waals surface area (Å²) in [4.78, 5) is 13.0. The van der Waals surface area contributed by atoms with Crippen LogP contribution in [0.1, 0.15) is 28.1 Å². The number of hydrogen-bond acceptors (Lipinski definition) is 4. The van der Waals surface area contributed by atoms with Crippen molar-refractivity contribution in [2.75, 3.05) is 18.9 Å². The van der Waals surface area contributed by atoms with Crippen molar-refractivity contribution >= 4 is 33.0 Å². The standard InChI is InChI=1S/C15H18N2O2S/c1-9-2-3-12-11(8-9)13(16)14(20-12)15(18)17-10-4-6-19-7-5-10/h2-3,8,10H,4-7,16H2,1H3,(H,17,18). The molecule has 20 heavy (non-hydrogen) atoms. The van der Waals surface area contributed by atoms with E-state index in [2.05, 4.69) is 5.32 Å². The molecule has 2 aromatic rings. The summed E-state index contributed by atoms with van der Waals surface area (Å²) in [5.74, 6) is -0.0618. The maximum Gasteiger partial charge on any atom is 0.263 e. The SMILES string of the molecule is Cc1ccc2sc(C(=O)NC3CCOCC3)c(N)c2c1. The molecule has 0 bridgehead atoms. The van der Waals surface area contributed by atoms with Crippen LogP contribution >= 0.6 is 11.3 Å². The number of ether oxygens (including phenoxy) is 1. The zero-order valence-electron chi connectivity index (χ0n) is 11.4. The van der Waals surface area contributed by atoms with Gasteiger partial charge in [0.2, 0.25) is 0 Å². The molecule has 3 N–H and O–H groups in total. The van der Waals surface area contributed by atoms with E-state index in [1.54, 1.807) is 0 Å². The molecule has 0 saturated carbocycles. The molecule has 1 aliphatic heterocycles. The van der Waals surface area contributed by atoms with Crippen LogP contribution in [0.5, 0.6) is 0 Å². The van der Waals surface area contributed by atoms with E-state index in [1.807, 2.05) is 25.1 Å². The van der Waals surface area contributed by atoms with Crippen molar-refractivity contribution in [2.24, 2.45) is 0 Å². The first kappa shape index (κ1) is 13.4. The molecule has 2 heterocycles. The average molecular weight is 290 g/mol. The Bertz CT molecular complexity index is 645. The number of anilines is 1. The van der Waals surface area contributed by atoms with Crippen LogP contribution < -0.4 is 11.1 Å². The van der Waals surface area contributed by atoms with Gasteiger partial charge in [-0.15, -0.1) is 11.3 Å². The monoisotopic (exact) mass is 290 g/mol. The maximum atomic E-state index is 12.4. The lowest BCUT2D eigenvalue weighted by molar-refractivity contribution is 0.0699. The third-order valence-corrected chi connectivity index (χ3v) is 4.83. The number of carbonyl (C=O) groups excluding carboxylic acids is 1. The zero-order valence-corrected chi connectivity index (χ0v) is 12.3. The number of fused-ring (bicyclic) bond motifs is 1. The normalized spacial score (nSPS) is 16.4. The van der Waals surface area contributed by atoms with E-state index >= 15 is 0 Å². The van der Waals surface area contributed by atoms with E-state index < -0.39 is 0 Å². The number of benzene rings is 1. The minimum absolute atomic E-state index is 0.0618. The van der Waals surface area contributed by atoms with E-state index in [0.29, 0.717) is 23.8 Å². The number of aryl methyl sites for hydroxylation is 1. The summed E-state index contributed by atoms with van der Waals surface area (Å²) in [6.45, 7) is 3.45. The summed E-state index contributed by atoms with van der Waals surface area (Å²) in [7, 11) is 0. The highest BCUT2D eigenvalue weighted by Gasteiger charge is 2.21. The van der Waals surface area contributed by atoms with Crippen LogP contribution in [0.2, 0.25) is 0 Å². The van der Waals surface area contributed by atoms with Crippen molar-refractivity contribution in [2.45, 2.75) is 25.8 Å². The molecule has 1 aliphatic rings. The molecule has 0 radical (unpaired) electrons. The van der Waals surface area contributed by atoms with E-state index in [4.69, 9.17) is 10.5 Å². The molecule has 106 valence electrons. The van der Waals surface area contributed by atoms with Crippen LogP contribution in [0.3, 0.4) is 0 Å². The van der Waals surface area contributed by atoms with Gasteiger partial charge in [-0.1, -0.05) is 11.6 Å². The number of amides is 1. The van der Waals surface area contributed by atoms with Crippen molar-refractivity contribution in [1.82, 2.24) is 5.32 Å². The summed E-state index contributed by atoms with van der Waals surface area (Å²) in [6, 6.07) is 6.30. The molecule has 1 fully saturated rings. The molecule has 0 aliphatic carbocycles. The van der Waals surface area contributed by atoms with Gasteiger partial charge in [-0.2, -0.15) is 0 Å². The van der Waals surface area contributed by atoms with Gasteiger partial charge in [-0.05, 0) is 31.9 Å². The van der Waals surface area contributed by atoms with E-state index in [9.17, 15) is 4.79 Å². The molecule has 1 amide bonds. The molecule has 0 atom stereocenters. The van der Waals surface area contributed by atoms with Gasteiger partial charge < -0.3 is 15.8 Å². The minimum Gasteiger partial charge on any atom is -0.397 e. The number of carbonyl (C=O) groups is 1. The molecule has 0 unspecified atom stereocenters. The van der Waals surface area contributed by atoms with Crippen molar-refractivity contribution in [3.63, 3.8) is 0 Å². The summed E-state index contributed by atoms with van der Waals surface area (Å²) < 4.78 is 6.36. The summed E-state index contributed by atoms with van der Waals surface area (Å²) in [6.07, 6.45) is 1.74. The molecule has 5 heteroatoms. The van der Waals surface area contributed by atoms with Gasteiger partial charge >= 0.3 is 0 Å². The van der Waals surface area contributed by atoms with E-state index in [1.165, 1.54) is 11.3 Å². The van der Waals surface area contributed by atoms with Crippen LogP contribution in [0, 0.1) is 6.92 Å². The number of nitrogens with two attached hydrogens (primary N) is 1. The molecule has 0 spiro atoms. The van der Waals surface area contributed by atoms with Crippen LogP contribution in [0.4, 0.5) is 5.69 Å². The summed E-state index contributed by atoms with van der Waals surface area (Å²) >= 11 is 1.46. The average Bonchev–Trinajstić information content (AvgIpc) is 2.77. The maximum absolute atomic E-state index is 12.4. The molecule has 4 nitrogen and oxygen atoms in total. The summed E-state index contributed by atoms with van der Waals surface area (Å²) in [5.41, 5.74) is 7.89. The fourth-order valence-electron chi connectivity index (χ4n) is 2.49. The number of rotatable bonds is 2. The van der Waals surface area contributed by atoms with Crippen LogP contribution in [0.15, 0.2) is 18.2 Å². The fraction of sp³-hybridized carbons (Fsp3) is 0.400. The van der Waals surface area contributed by atoms with E-state index in [-0.39, 0.29) is 11.9 Å². The topological polar surface area (TPSA) is 64.3 Å². The van der Waals surface area contributed by atoms with Gasteiger partial charge in [0.05, 0.1) is 5.69 Å². The molecule has 1 aromatic carbocycles. The molecular formula is C15H18N2O2S. The van der Waals surface area contributed by atoms with Gasteiger partial charge in [-0.25, -0.2) is 0 Å². The Balaban J connectivity index is 1.85. The van der Waals surface area contributed by atoms with Gasteiger partial charge in [0.15, 0.2) is 0 Å². The number of thiophene rings is 1. The molecular weight excluding hydrogens is 272 g/mol. The lowest BCUT2D eigenvalue weighted by Crippen LogP contribution is -2.38. The Kier molecular flexibility index (Phi) is 3.63. The molecule has 1 aromatic heterocycles. The Morgan fingerprint density at radius 1 is 1.40 bits per heavy atom. The highest BCUT2D eigenvalue weighted by atomic mass is 32.1. The Morgan fingerprint density at radius 3 is 2.90 bits per heavy atom. The highest BCUT2D eigenvalue weighted by Crippen LogP contribution is 2.34. The minimum atomic E-state index is -0.0618. The first-order valence-corrected chi connectivity index (χ1v) is 7.64. The first-order chi connectivity index (χ1) is 9.65. The predicted octanol–water partition coefficient (Wildman–Crippen LogP) is 2.70. The number of nitrogen functional groups attached to an aromatic ring is 1. The lowest BCUT2D eigenvalue weighted by atomic mass is 10.1. The largest absolute Gasteiger partial charge is 0.397 e. The number of hydrogen-bond donors (Lipinski definition) is 2. The Hall–Kier alpha value is -1.59. The lowest BCUT2D eigenvalue weighted by Gasteiger charge is -2.22. The van der Waals surface area contributed by atoms with E-state index in [0.717, 1.165) is 28.5 Å². The first-order valence-electron chi connectivity index (χ1n) is 6.82. The molecule has 1 saturated heterocycles. The van der Waals surface area contributed by atoms with Gasteiger partial charge in [-0.3, -0.25) is 4.79 Å². The highest BCUT2D eigenvalue weighted by molar-refractivity contribution is 7.21.